The molecule has 0 aliphatic heterocycles. The number of hydrogen-bond donors (Lipinski definition) is 0. The highest BCUT2D eigenvalue weighted by atomic mass is 19.1. The highest BCUT2D eigenvalue weighted by Crippen LogP contribution is 2.44. The van der Waals surface area contributed by atoms with E-state index in [0.29, 0.717) is 5.92 Å². The molecule has 0 amide bonds. The third-order valence-corrected chi connectivity index (χ3v) is 7.56. The van der Waals surface area contributed by atoms with E-state index in [1.165, 1.54) is 76.2 Å². The Morgan fingerprint density at radius 2 is 1.79 bits per heavy atom. The van der Waals surface area contributed by atoms with Gasteiger partial charge < -0.3 is 0 Å². The maximum Gasteiger partial charge on any atom is 0.126 e. The van der Waals surface area contributed by atoms with Crippen LogP contribution in [0.4, 0.5) is 4.39 Å². The van der Waals surface area contributed by atoms with Gasteiger partial charge in [-0.3, -0.25) is 0 Å². The number of aryl methyl sites for hydroxylation is 1. The normalized spacial score (nSPS) is 26.3. The Hall–Kier alpha value is -1.11. The van der Waals surface area contributed by atoms with Gasteiger partial charge in [0.25, 0.3) is 0 Å². The van der Waals surface area contributed by atoms with Crippen molar-refractivity contribution in [2.75, 3.05) is 0 Å². The molecule has 0 saturated heterocycles. The predicted molar refractivity (Wildman–Crippen MR) is 119 cm³/mol. The summed E-state index contributed by atoms with van der Waals surface area (Å²) in [6, 6.07) is 6.29. The van der Waals surface area contributed by atoms with Crippen LogP contribution in [0.25, 0.3) is 0 Å². The summed E-state index contributed by atoms with van der Waals surface area (Å²) in [6.45, 7) is 4.54. The van der Waals surface area contributed by atoms with Gasteiger partial charge in [0.15, 0.2) is 0 Å². The summed E-state index contributed by atoms with van der Waals surface area (Å²) in [5, 5.41) is 0. The Morgan fingerprint density at radius 3 is 2.43 bits per heavy atom. The monoisotopic (exact) mass is 384 g/mol. The van der Waals surface area contributed by atoms with Crippen molar-refractivity contribution >= 4 is 0 Å². The molecule has 0 heterocycles. The van der Waals surface area contributed by atoms with Crippen LogP contribution in [0, 0.1) is 23.6 Å². The number of halogens is 1. The van der Waals surface area contributed by atoms with E-state index in [9.17, 15) is 4.39 Å². The lowest BCUT2D eigenvalue weighted by Gasteiger charge is -2.36. The van der Waals surface area contributed by atoms with Gasteiger partial charge in [-0.05, 0) is 92.2 Å². The molecular weight excluding hydrogens is 343 g/mol. The molecule has 2 aliphatic rings. The zero-order valence-electron chi connectivity index (χ0n) is 18.3. The maximum absolute atomic E-state index is 14.9. The Kier molecular flexibility index (Phi) is 8.62. The predicted octanol–water partition coefficient (Wildman–Crippen LogP) is 8.60. The van der Waals surface area contributed by atoms with Crippen molar-refractivity contribution in [3.05, 3.63) is 47.3 Å². The minimum atomic E-state index is 0.0457. The largest absolute Gasteiger partial charge is 0.207 e. The topological polar surface area (TPSA) is 0 Å². The van der Waals surface area contributed by atoms with Gasteiger partial charge in [-0.25, -0.2) is 4.39 Å². The van der Waals surface area contributed by atoms with E-state index in [4.69, 9.17) is 0 Å². The van der Waals surface area contributed by atoms with Gasteiger partial charge in [-0.2, -0.15) is 0 Å². The molecule has 2 atom stereocenters. The van der Waals surface area contributed by atoms with Gasteiger partial charge in [0.05, 0.1) is 0 Å². The van der Waals surface area contributed by atoms with E-state index in [-0.39, 0.29) is 5.82 Å². The van der Waals surface area contributed by atoms with E-state index in [2.05, 4.69) is 38.1 Å². The van der Waals surface area contributed by atoms with E-state index in [1.54, 1.807) is 0 Å². The van der Waals surface area contributed by atoms with Crippen molar-refractivity contribution in [2.45, 2.75) is 103 Å². The molecule has 1 fully saturated rings. The van der Waals surface area contributed by atoms with Gasteiger partial charge in [-0.15, -0.1) is 0 Å². The molecule has 3 rings (SSSR count). The van der Waals surface area contributed by atoms with Crippen LogP contribution in [0.15, 0.2) is 30.4 Å². The summed E-state index contributed by atoms with van der Waals surface area (Å²) < 4.78 is 14.9. The van der Waals surface area contributed by atoms with Crippen molar-refractivity contribution in [1.82, 2.24) is 0 Å². The second-order valence-electron chi connectivity index (χ2n) is 9.49. The first-order chi connectivity index (χ1) is 13.7. The molecule has 1 saturated carbocycles. The third-order valence-electron chi connectivity index (χ3n) is 7.56. The molecule has 0 nitrogen and oxygen atoms in total. The molecule has 2 unspecified atom stereocenters. The van der Waals surface area contributed by atoms with Crippen LogP contribution in [0.2, 0.25) is 0 Å². The number of unbranched alkanes of at least 4 members (excludes halogenated alkanes) is 2. The van der Waals surface area contributed by atoms with Gasteiger partial charge in [0, 0.05) is 0 Å². The number of allylic oxidation sites excluding steroid dienone is 2. The van der Waals surface area contributed by atoms with E-state index in [0.717, 1.165) is 36.2 Å². The van der Waals surface area contributed by atoms with Crippen molar-refractivity contribution in [1.29, 1.82) is 0 Å². The highest BCUT2D eigenvalue weighted by Gasteiger charge is 2.30. The SMILES string of the molecule is CCCCCc1ccc(C(CC2CC=CCC2)C2CCC(CC)CC2)cc1F. The molecule has 0 aromatic heterocycles. The molecular formula is C27H41F. The lowest BCUT2D eigenvalue weighted by molar-refractivity contribution is 0.215. The van der Waals surface area contributed by atoms with Crippen LogP contribution in [0.3, 0.4) is 0 Å². The third kappa shape index (κ3) is 5.94. The Morgan fingerprint density at radius 1 is 0.964 bits per heavy atom. The fourth-order valence-corrected chi connectivity index (χ4v) is 5.59. The number of hydrogen-bond acceptors (Lipinski definition) is 0. The van der Waals surface area contributed by atoms with Crippen LogP contribution >= 0.6 is 0 Å². The molecule has 1 heteroatoms. The van der Waals surface area contributed by atoms with Gasteiger partial charge in [-0.1, -0.05) is 70.2 Å². The molecule has 0 spiro atoms. The zero-order valence-corrected chi connectivity index (χ0v) is 18.3. The molecule has 0 bridgehead atoms. The van der Waals surface area contributed by atoms with Gasteiger partial charge >= 0.3 is 0 Å². The van der Waals surface area contributed by atoms with Crippen LogP contribution in [0.5, 0.6) is 0 Å². The second-order valence-corrected chi connectivity index (χ2v) is 9.49. The van der Waals surface area contributed by atoms with Crippen molar-refractivity contribution < 1.29 is 4.39 Å². The fourth-order valence-electron chi connectivity index (χ4n) is 5.59. The number of benzene rings is 1. The molecule has 2 aliphatic carbocycles. The first-order valence-corrected chi connectivity index (χ1v) is 12.1. The van der Waals surface area contributed by atoms with Crippen LogP contribution in [-0.4, -0.2) is 0 Å². The average Bonchev–Trinajstić information content (AvgIpc) is 2.74. The lowest BCUT2D eigenvalue weighted by atomic mass is 9.69. The van der Waals surface area contributed by atoms with Crippen LogP contribution in [0.1, 0.15) is 108 Å². The van der Waals surface area contributed by atoms with Crippen LogP contribution in [-0.2, 0) is 6.42 Å². The molecule has 156 valence electrons. The fraction of sp³-hybridized carbons (Fsp3) is 0.704. The lowest BCUT2D eigenvalue weighted by Crippen LogP contribution is -2.23. The summed E-state index contributed by atoms with van der Waals surface area (Å²) in [5.74, 6) is 3.05. The minimum absolute atomic E-state index is 0.0457. The summed E-state index contributed by atoms with van der Waals surface area (Å²) in [6.07, 6.45) is 20.9. The molecule has 0 radical (unpaired) electrons. The summed E-state index contributed by atoms with van der Waals surface area (Å²) in [5.41, 5.74) is 2.21. The van der Waals surface area contributed by atoms with Crippen molar-refractivity contribution in [3.63, 3.8) is 0 Å². The van der Waals surface area contributed by atoms with E-state index in [1.807, 2.05) is 6.07 Å². The minimum Gasteiger partial charge on any atom is -0.207 e. The van der Waals surface area contributed by atoms with E-state index < -0.39 is 0 Å². The molecule has 0 N–H and O–H groups in total. The zero-order chi connectivity index (χ0) is 19.8. The first-order valence-electron chi connectivity index (χ1n) is 12.1. The Balaban J connectivity index is 1.73. The first kappa shape index (κ1) is 21.6. The maximum atomic E-state index is 14.9. The molecule has 28 heavy (non-hydrogen) atoms. The molecule has 1 aromatic carbocycles. The quantitative estimate of drug-likeness (QED) is 0.295. The standard InChI is InChI=1S/C27H41F/c1-3-5-7-12-24-17-18-25(20-27(24)28)26(19-22-10-8-6-9-11-22)23-15-13-21(4-2)14-16-23/h6,8,17-18,20-23,26H,3-5,7,9-16,19H2,1-2H3. The smallest absolute Gasteiger partial charge is 0.126 e. The van der Waals surface area contributed by atoms with E-state index >= 15 is 0 Å². The average molecular weight is 385 g/mol. The van der Waals surface area contributed by atoms with Crippen LogP contribution < -0.4 is 0 Å². The van der Waals surface area contributed by atoms with Gasteiger partial charge in [0.1, 0.15) is 5.82 Å². The van der Waals surface area contributed by atoms with Gasteiger partial charge in [0.2, 0.25) is 0 Å². The summed E-state index contributed by atoms with van der Waals surface area (Å²) in [7, 11) is 0. The Labute approximate surface area is 173 Å². The van der Waals surface area contributed by atoms with Crippen molar-refractivity contribution in [3.8, 4) is 0 Å². The summed E-state index contributed by atoms with van der Waals surface area (Å²) >= 11 is 0. The Bertz CT molecular complexity index is 609. The van der Waals surface area contributed by atoms with Crippen molar-refractivity contribution in [2.24, 2.45) is 17.8 Å². The highest BCUT2D eigenvalue weighted by molar-refractivity contribution is 5.28. The summed E-state index contributed by atoms with van der Waals surface area (Å²) in [4.78, 5) is 0. The second kappa shape index (κ2) is 11.2. The number of rotatable bonds is 9. The molecule has 1 aromatic rings.